The molecule has 0 amide bonds. The second-order valence-corrected chi connectivity index (χ2v) is 8.04. The van der Waals surface area contributed by atoms with E-state index in [0.717, 1.165) is 22.8 Å². The van der Waals surface area contributed by atoms with Gasteiger partial charge in [-0.1, -0.05) is 44.2 Å². The minimum Gasteiger partial charge on any atom is -0.508 e. The predicted octanol–water partition coefficient (Wildman–Crippen LogP) is 6.19. The maximum Gasteiger partial charge on any atom is 0.328 e. The third-order valence-corrected chi connectivity index (χ3v) is 5.79. The molecule has 1 aromatic heterocycles. The van der Waals surface area contributed by atoms with E-state index in [2.05, 4.69) is 4.98 Å². The number of phenolic OH excluding ortho intramolecular Hbond substituents is 1. The highest BCUT2D eigenvalue weighted by molar-refractivity contribution is 6.14. The molecule has 0 saturated heterocycles. The maximum absolute atomic E-state index is 13.7. The van der Waals surface area contributed by atoms with Crippen LogP contribution < -0.4 is 4.74 Å². The van der Waals surface area contributed by atoms with Gasteiger partial charge < -0.3 is 14.9 Å². The zero-order valence-electron chi connectivity index (χ0n) is 19.5. The number of carbonyl (C=O) groups excluding carboxylic acids is 1. The van der Waals surface area contributed by atoms with E-state index in [4.69, 9.17) is 9.84 Å². The number of ether oxygens (including phenoxy) is 1. The van der Waals surface area contributed by atoms with Crippen LogP contribution in [0.1, 0.15) is 46.5 Å². The third kappa shape index (κ3) is 5.06. The Bertz CT molecular complexity index is 1460. The molecule has 35 heavy (non-hydrogen) atoms. The van der Waals surface area contributed by atoms with Crippen LogP contribution in [0.4, 0.5) is 0 Å². The highest BCUT2D eigenvalue weighted by Crippen LogP contribution is 2.37. The lowest BCUT2D eigenvalue weighted by Gasteiger charge is -2.17. The van der Waals surface area contributed by atoms with Crippen molar-refractivity contribution in [2.24, 2.45) is 0 Å². The minimum atomic E-state index is -1.02. The van der Waals surface area contributed by atoms with E-state index >= 15 is 0 Å². The summed E-state index contributed by atoms with van der Waals surface area (Å²) in [7, 11) is 0. The Hall–Kier alpha value is -4.45. The molecule has 4 aromatic rings. The zero-order chi connectivity index (χ0) is 24.9. The Balaban J connectivity index is 1.86. The van der Waals surface area contributed by atoms with Crippen LogP contribution in [0.5, 0.6) is 17.2 Å². The Morgan fingerprint density at radius 1 is 0.943 bits per heavy atom. The average molecular weight is 468 g/mol. The maximum atomic E-state index is 13.7. The number of aromatic hydroxyl groups is 1. The molecule has 3 aromatic carbocycles. The van der Waals surface area contributed by atoms with Gasteiger partial charge in [-0.3, -0.25) is 9.78 Å². The van der Waals surface area contributed by atoms with Crippen molar-refractivity contribution >= 4 is 28.7 Å². The number of hydrogen-bond donors (Lipinski definition) is 2. The van der Waals surface area contributed by atoms with Crippen molar-refractivity contribution in [2.75, 3.05) is 0 Å². The zero-order valence-corrected chi connectivity index (χ0v) is 19.5. The topological polar surface area (TPSA) is 96.7 Å². The average Bonchev–Trinajstić information content (AvgIpc) is 2.87. The number of phenols is 1. The summed E-state index contributed by atoms with van der Waals surface area (Å²) < 4.78 is 6.40. The number of ketones is 1. The fourth-order valence-electron chi connectivity index (χ4n) is 3.98. The molecule has 0 atom stereocenters. The molecule has 0 fully saturated rings. The molecular formula is C29H25NO5. The fraction of sp³-hybridized carbons (Fsp3) is 0.138. The summed E-state index contributed by atoms with van der Waals surface area (Å²) in [5.41, 5.74) is 3.92. The first-order valence-corrected chi connectivity index (χ1v) is 11.4. The summed E-state index contributed by atoms with van der Waals surface area (Å²) in [4.78, 5) is 29.0. The number of carboxylic acid groups (broad SMARTS) is 1. The quantitative estimate of drug-likeness (QED) is 0.237. The third-order valence-electron chi connectivity index (χ3n) is 5.79. The summed E-state index contributed by atoms with van der Waals surface area (Å²) in [5, 5.41) is 19.5. The van der Waals surface area contributed by atoms with Gasteiger partial charge in [0.25, 0.3) is 0 Å². The van der Waals surface area contributed by atoms with E-state index in [0.29, 0.717) is 46.4 Å². The van der Waals surface area contributed by atoms with E-state index in [-0.39, 0.29) is 11.5 Å². The number of aliphatic carboxylic acids is 1. The van der Waals surface area contributed by atoms with Gasteiger partial charge in [0.2, 0.25) is 0 Å². The Labute approximate surface area is 203 Å². The van der Waals surface area contributed by atoms with Crippen LogP contribution >= 0.6 is 0 Å². The molecule has 1 heterocycles. The highest BCUT2D eigenvalue weighted by atomic mass is 16.5. The largest absolute Gasteiger partial charge is 0.508 e. The molecule has 0 saturated carbocycles. The van der Waals surface area contributed by atoms with Crippen molar-refractivity contribution < 1.29 is 24.5 Å². The van der Waals surface area contributed by atoms with E-state index in [1.165, 1.54) is 24.4 Å². The molecule has 0 aliphatic heterocycles. The standard InChI is InChI=1S/C29H25NO5/c1-3-19-7-5-6-8-22(19)28(34)24-17-30-25-16-21(31)11-12-23(25)29(24)35-26-13-9-18(10-14-27(32)33)15-20(26)4-2/h5-17,31H,3-4H2,1-2H3,(H,32,33)/b14-10+. The molecule has 2 N–H and O–H groups in total. The molecule has 6 nitrogen and oxygen atoms in total. The Morgan fingerprint density at radius 3 is 2.46 bits per heavy atom. The number of rotatable bonds is 8. The van der Waals surface area contributed by atoms with E-state index in [1.807, 2.05) is 38.1 Å². The van der Waals surface area contributed by atoms with Gasteiger partial charge in [0.1, 0.15) is 17.2 Å². The monoisotopic (exact) mass is 467 g/mol. The second kappa shape index (κ2) is 10.2. The molecular weight excluding hydrogens is 442 g/mol. The fourth-order valence-corrected chi connectivity index (χ4v) is 3.98. The van der Waals surface area contributed by atoms with Gasteiger partial charge >= 0.3 is 5.97 Å². The SMILES string of the molecule is CCc1cc(/C=C/C(=O)O)ccc1Oc1c(C(=O)c2ccccc2CC)cnc2cc(O)ccc12. The van der Waals surface area contributed by atoms with Gasteiger partial charge in [-0.2, -0.15) is 0 Å². The van der Waals surface area contributed by atoms with Gasteiger partial charge in [0, 0.05) is 29.3 Å². The first kappa shape index (κ1) is 23.7. The molecule has 0 aliphatic carbocycles. The van der Waals surface area contributed by atoms with Crippen molar-refractivity contribution in [1.29, 1.82) is 0 Å². The lowest BCUT2D eigenvalue weighted by atomic mass is 9.96. The summed E-state index contributed by atoms with van der Waals surface area (Å²) in [6, 6.07) is 17.6. The Kier molecular flexibility index (Phi) is 6.92. The summed E-state index contributed by atoms with van der Waals surface area (Å²) in [6.07, 6.45) is 5.43. The number of benzene rings is 3. The lowest BCUT2D eigenvalue weighted by Crippen LogP contribution is -2.08. The van der Waals surface area contributed by atoms with Crippen molar-refractivity contribution in [3.8, 4) is 17.2 Å². The van der Waals surface area contributed by atoms with Crippen LogP contribution in [0.2, 0.25) is 0 Å². The lowest BCUT2D eigenvalue weighted by molar-refractivity contribution is -0.131. The first-order valence-electron chi connectivity index (χ1n) is 11.4. The van der Waals surface area contributed by atoms with E-state index in [1.54, 1.807) is 24.3 Å². The second-order valence-electron chi connectivity index (χ2n) is 8.04. The van der Waals surface area contributed by atoms with Gasteiger partial charge in [-0.25, -0.2) is 4.79 Å². The van der Waals surface area contributed by atoms with Gasteiger partial charge in [0.15, 0.2) is 5.78 Å². The predicted molar refractivity (Wildman–Crippen MR) is 135 cm³/mol. The summed E-state index contributed by atoms with van der Waals surface area (Å²) in [5.74, 6) is -0.243. The molecule has 0 bridgehead atoms. The molecule has 0 radical (unpaired) electrons. The number of nitrogens with zero attached hydrogens (tertiary/aromatic N) is 1. The minimum absolute atomic E-state index is 0.0650. The smallest absolute Gasteiger partial charge is 0.328 e. The first-order chi connectivity index (χ1) is 16.9. The summed E-state index contributed by atoms with van der Waals surface area (Å²) >= 11 is 0. The number of pyridine rings is 1. The highest BCUT2D eigenvalue weighted by Gasteiger charge is 2.22. The van der Waals surface area contributed by atoms with Gasteiger partial charge in [-0.15, -0.1) is 0 Å². The molecule has 0 aliphatic rings. The summed E-state index contributed by atoms with van der Waals surface area (Å²) in [6.45, 7) is 3.97. The number of carboxylic acids is 1. The van der Waals surface area contributed by atoms with Crippen LogP contribution in [-0.2, 0) is 17.6 Å². The number of aromatic nitrogens is 1. The van der Waals surface area contributed by atoms with Crippen LogP contribution in [-0.4, -0.2) is 26.9 Å². The number of fused-ring (bicyclic) bond motifs is 1. The van der Waals surface area contributed by atoms with E-state index in [9.17, 15) is 14.7 Å². The van der Waals surface area contributed by atoms with Crippen molar-refractivity contribution in [3.05, 3.63) is 101 Å². The number of carbonyl (C=O) groups is 2. The van der Waals surface area contributed by atoms with E-state index < -0.39 is 5.97 Å². The van der Waals surface area contributed by atoms with Crippen molar-refractivity contribution in [2.45, 2.75) is 26.7 Å². The van der Waals surface area contributed by atoms with Gasteiger partial charge in [-0.05, 0) is 59.9 Å². The molecule has 0 unspecified atom stereocenters. The molecule has 0 spiro atoms. The normalized spacial score (nSPS) is 11.1. The molecule has 6 heteroatoms. The van der Waals surface area contributed by atoms with Crippen LogP contribution in [0.15, 0.2) is 72.9 Å². The van der Waals surface area contributed by atoms with Crippen LogP contribution in [0.3, 0.4) is 0 Å². The Morgan fingerprint density at radius 2 is 1.71 bits per heavy atom. The molecule has 4 rings (SSSR count). The number of aryl methyl sites for hydroxylation is 2. The van der Waals surface area contributed by atoms with Crippen LogP contribution in [0.25, 0.3) is 17.0 Å². The van der Waals surface area contributed by atoms with Gasteiger partial charge in [0.05, 0.1) is 11.1 Å². The van der Waals surface area contributed by atoms with Crippen LogP contribution in [0, 0.1) is 0 Å². The number of hydrogen-bond acceptors (Lipinski definition) is 5. The van der Waals surface area contributed by atoms with Crippen molar-refractivity contribution in [1.82, 2.24) is 4.98 Å². The molecule has 176 valence electrons. The van der Waals surface area contributed by atoms with Crippen molar-refractivity contribution in [3.63, 3.8) is 0 Å².